The average molecular weight is 348 g/mol. The van der Waals surface area contributed by atoms with Crippen molar-refractivity contribution < 1.29 is 9.53 Å². The number of benzene rings is 1. The van der Waals surface area contributed by atoms with Crippen molar-refractivity contribution in [3.63, 3.8) is 0 Å². The molecule has 1 heterocycles. The van der Waals surface area contributed by atoms with E-state index in [1.807, 2.05) is 6.07 Å². The van der Waals surface area contributed by atoms with Gasteiger partial charge in [0, 0.05) is 18.7 Å². The maximum atomic E-state index is 11.8. The maximum absolute atomic E-state index is 11.8. The molecule has 1 fully saturated rings. The minimum absolute atomic E-state index is 0.00889. The third-order valence-electron chi connectivity index (χ3n) is 4.89. The molecule has 5 nitrogen and oxygen atoms in total. The van der Waals surface area contributed by atoms with Gasteiger partial charge in [0.15, 0.2) is 0 Å². The fourth-order valence-electron chi connectivity index (χ4n) is 3.43. The Morgan fingerprint density at radius 3 is 2.88 bits per heavy atom. The van der Waals surface area contributed by atoms with Crippen LogP contribution < -0.4 is 16.0 Å². The maximum Gasteiger partial charge on any atom is 0.238 e. The van der Waals surface area contributed by atoms with E-state index in [4.69, 9.17) is 10.6 Å². The quantitative estimate of drug-likeness (QED) is 0.295. The Hall–Kier alpha value is -1.59. The van der Waals surface area contributed by atoms with Gasteiger partial charge >= 0.3 is 0 Å². The third-order valence-corrected chi connectivity index (χ3v) is 4.89. The Morgan fingerprint density at radius 2 is 2.08 bits per heavy atom. The first kappa shape index (κ1) is 19.7. The van der Waals surface area contributed by atoms with E-state index in [0.29, 0.717) is 0 Å². The summed E-state index contributed by atoms with van der Waals surface area (Å²) < 4.78 is 6.03. The van der Waals surface area contributed by atoms with Crippen LogP contribution in [0, 0.1) is 5.92 Å². The molecule has 1 aromatic rings. The van der Waals surface area contributed by atoms with Gasteiger partial charge in [-0.3, -0.25) is 15.1 Å². The highest BCUT2D eigenvalue weighted by Crippen LogP contribution is 2.24. The number of para-hydroxylation sites is 1. The van der Waals surface area contributed by atoms with E-state index in [9.17, 15) is 4.79 Å². The molecule has 1 atom stereocenters. The number of rotatable bonds is 10. The Morgan fingerprint density at radius 1 is 1.28 bits per heavy atom. The summed E-state index contributed by atoms with van der Waals surface area (Å²) in [6, 6.07) is 8.25. The topological polar surface area (TPSA) is 67.6 Å². The van der Waals surface area contributed by atoms with Crippen LogP contribution >= 0.6 is 0 Å². The van der Waals surface area contributed by atoms with Crippen LogP contribution in [-0.4, -0.2) is 30.5 Å². The predicted molar refractivity (Wildman–Crippen MR) is 101 cm³/mol. The summed E-state index contributed by atoms with van der Waals surface area (Å²) in [6.45, 7) is 5.60. The summed E-state index contributed by atoms with van der Waals surface area (Å²) in [5.74, 6) is 6.20. The first-order chi connectivity index (χ1) is 12.2. The van der Waals surface area contributed by atoms with Crippen LogP contribution in [0.5, 0.6) is 5.75 Å². The zero-order chi connectivity index (χ0) is 17.9. The number of hydrogen-bond acceptors (Lipinski definition) is 4. The van der Waals surface area contributed by atoms with Crippen LogP contribution in [0.3, 0.4) is 0 Å². The lowest BCUT2D eigenvalue weighted by Crippen LogP contribution is -2.44. The Bertz CT molecular complexity index is 521. The number of nitrogens with zero attached hydrogens (tertiary/aromatic N) is 1. The molecular weight excluding hydrogens is 314 g/mol. The largest absolute Gasteiger partial charge is 0.493 e. The van der Waals surface area contributed by atoms with Crippen LogP contribution in [0.25, 0.3) is 0 Å². The average Bonchev–Trinajstić information content (AvgIpc) is 2.65. The van der Waals surface area contributed by atoms with E-state index in [1.165, 1.54) is 31.2 Å². The molecule has 3 N–H and O–H groups in total. The number of nitrogens with one attached hydrogen (secondary N) is 1. The van der Waals surface area contributed by atoms with Crippen LogP contribution in [0.1, 0.15) is 57.4 Å². The highest BCUT2D eigenvalue weighted by molar-refractivity contribution is 5.78. The van der Waals surface area contributed by atoms with Gasteiger partial charge in [-0.2, -0.15) is 0 Å². The lowest BCUT2D eigenvalue weighted by atomic mass is 9.97. The van der Waals surface area contributed by atoms with Crippen LogP contribution in [0.4, 0.5) is 0 Å². The summed E-state index contributed by atoms with van der Waals surface area (Å²) in [5.41, 5.74) is 3.49. The van der Waals surface area contributed by atoms with Gasteiger partial charge in [0.2, 0.25) is 5.91 Å². The van der Waals surface area contributed by atoms with Crippen molar-refractivity contribution in [3.05, 3.63) is 29.8 Å². The van der Waals surface area contributed by atoms with E-state index in [2.05, 4.69) is 35.4 Å². The van der Waals surface area contributed by atoms with E-state index < -0.39 is 0 Å². The molecule has 0 radical (unpaired) electrons. The number of unbranched alkanes of at least 4 members (excludes halogenated alkanes) is 4. The number of ether oxygens (including phenoxy) is 1. The Labute approximate surface area is 151 Å². The second-order valence-corrected chi connectivity index (χ2v) is 6.95. The minimum Gasteiger partial charge on any atom is -0.493 e. The van der Waals surface area contributed by atoms with Gasteiger partial charge in [0.05, 0.1) is 12.5 Å². The zero-order valence-corrected chi connectivity index (χ0v) is 15.5. The van der Waals surface area contributed by atoms with Crippen molar-refractivity contribution >= 4 is 5.91 Å². The number of hydrogen-bond donors (Lipinski definition) is 2. The van der Waals surface area contributed by atoms with Crippen LogP contribution in [0.2, 0.25) is 0 Å². The van der Waals surface area contributed by atoms with E-state index in [-0.39, 0.29) is 11.8 Å². The molecule has 0 spiro atoms. The molecule has 25 heavy (non-hydrogen) atoms. The number of piperidine rings is 1. The highest BCUT2D eigenvalue weighted by Gasteiger charge is 2.25. The summed E-state index contributed by atoms with van der Waals surface area (Å²) in [6.07, 6.45) is 8.15. The molecule has 0 aliphatic carbocycles. The van der Waals surface area contributed by atoms with Crippen molar-refractivity contribution in [3.8, 4) is 5.75 Å². The second-order valence-electron chi connectivity index (χ2n) is 6.95. The molecule has 140 valence electrons. The summed E-state index contributed by atoms with van der Waals surface area (Å²) in [5, 5.41) is 0. The Kier molecular flexibility index (Phi) is 8.77. The molecule has 0 bridgehead atoms. The zero-order valence-electron chi connectivity index (χ0n) is 15.5. The van der Waals surface area contributed by atoms with Crippen molar-refractivity contribution in [1.29, 1.82) is 0 Å². The van der Waals surface area contributed by atoms with Crippen molar-refractivity contribution in [2.75, 3.05) is 19.7 Å². The fraction of sp³-hybridized carbons (Fsp3) is 0.650. The molecule has 0 saturated carbocycles. The number of amides is 1. The normalized spacial score (nSPS) is 18.1. The molecule has 5 heteroatoms. The first-order valence-electron chi connectivity index (χ1n) is 9.68. The molecule has 1 unspecified atom stereocenters. The molecule has 1 aliphatic rings. The lowest BCUT2D eigenvalue weighted by Gasteiger charge is -2.32. The minimum atomic E-state index is -0.0543. The first-order valence-corrected chi connectivity index (χ1v) is 9.68. The van der Waals surface area contributed by atoms with Gasteiger partial charge < -0.3 is 4.74 Å². The molecule has 1 aromatic carbocycles. The van der Waals surface area contributed by atoms with Crippen LogP contribution in [-0.2, 0) is 11.3 Å². The van der Waals surface area contributed by atoms with Gasteiger partial charge in [0.25, 0.3) is 0 Å². The third kappa shape index (κ3) is 6.67. The molecule has 2 rings (SSSR count). The van der Waals surface area contributed by atoms with E-state index in [1.54, 1.807) is 0 Å². The van der Waals surface area contributed by atoms with E-state index in [0.717, 1.165) is 51.3 Å². The van der Waals surface area contributed by atoms with Gasteiger partial charge in [0.1, 0.15) is 5.75 Å². The summed E-state index contributed by atoms with van der Waals surface area (Å²) in [4.78, 5) is 14.1. The highest BCUT2D eigenvalue weighted by atomic mass is 16.5. The number of likely N-dealkylation sites (tertiary alicyclic amines) is 1. The van der Waals surface area contributed by atoms with Crippen molar-refractivity contribution in [2.24, 2.45) is 11.8 Å². The standard InChI is InChI=1S/C20H33N3O2/c1-2-3-4-5-8-14-25-19-12-7-6-10-17(19)15-23-13-9-11-18(16-23)20(24)22-21/h6-7,10,12,18H,2-5,8-9,11,13-16,21H2,1H3,(H,22,24). The predicted octanol–water partition coefficient (Wildman–Crippen LogP) is 3.24. The number of carbonyl (C=O) groups is 1. The summed E-state index contributed by atoms with van der Waals surface area (Å²) in [7, 11) is 0. The lowest BCUT2D eigenvalue weighted by molar-refractivity contribution is -0.126. The SMILES string of the molecule is CCCCCCCOc1ccccc1CN1CCCC(C(=O)NN)C1. The molecular formula is C20H33N3O2. The molecule has 1 aliphatic heterocycles. The van der Waals surface area contributed by atoms with Gasteiger partial charge in [-0.05, 0) is 31.9 Å². The smallest absolute Gasteiger partial charge is 0.238 e. The van der Waals surface area contributed by atoms with Gasteiger partial charge in [-0.25, -0.2) is 5.84 Å². The molecule has 1 amide bonds. The monoisotopic (exact) mass is 347 g/mol. The van der Waals surface area contributed by atoms with Crippen molar-refractivity contribution in [2.45, 2.75) is 58.4 Å². The number of carbonyl (C=O) groups excluding carboxylic acids is 1. The fourth-order valence-corrected chi connectivity index (χ4v) is 3.43. The number of nitrogens with two attached hydrogens (primary N) is 1. The van der Waals surface area contributed by atoms with Crippen molar-refractivity contribution in [1.82, 2.24) is 10.3 Å². The number of hydrazine groups is 1. The molecule has 0 aromatic heterocycles. The second kappa shape index (κ2) is 11.1. The Balaban J connectivity index is 1.84. The summed E-state index contributed by atoms with van der Waals surface area (Å²) >= 11 is 0. The van der Waals surface area contributed by atoms with E-state index >= 15 is 0 Å². The van der Waals surface area contributed by atoms with Crippen LogP contribution in [0.15, 0.2) is 24.3 Å². The van der Waals surface area contributed by atoms with Gasteiger partial charge in [-0.15, -0.1) is 0 Å². The van der Waals surface area contributed by atoms with Gasteiger partial charge in [-0.1, -0.05) is 50.8 Å². The molecule has 1 saturated heterocycles.